The Kier molecular flexibility index (Phi) is 12.9. The van der Waals surface area contributed by atoms with E-state index >= 15 is 0 Å². The summed E-state index contributed by atoms with van der Waals surface area (Å²) < 4.78 is 21.1. The van der Waals surface area contributed by atoms with Crippen LogP contribution in [0.5, 0.6) is 17.2 Å². The van der Waals surface area contributed by atoms with E-state index < -0.39 is 0 Å². The molecule has 0 fully saturated rings. The van der Waals surface area contributed by atoms with Crippen LogP contribution in [0.15, 0.2) is 17.1 Å². The number of hydrogen-bond acceptors (Lipinski definition) is 6. The standard InChI is InChI=1S/C22H37N3O5/c1-6-23-22(24-13-11-9-8-10-12-20(26)30-7-2)25-16-17-14-18(27-3)21(29-5)19(15-17)28-4/h14-15H,6-13,16H2,1-5H3,(H2,23,24,25). The zero-order valence-electron chi connectivity index (χ0n) is 19.0. The number of carbonyl (C=O) groups excluding carboxylic acids is 1. The molecule has 0 aliphatic rings. The predicted molar refractivity (Wildman–Crippen MR) is 119 cm³/mol. The minimum absolute atomic E-state index is 0.107. The van der Waals surface area contributed by atoms with Gasteiger partial charge in [-0.15, -0.1) is 0 Å². The second kappa shape index (κ2) is 15.2. The molecule has 8 nitrogen and oxygen atoms in total. The van der Waals surface area contributed by atoms with Crippen molar-refractivity contribution in [2.45, 2.75) is 52.5 Å². The molecule has 0 heterocycles. The quantitative estimate of drug-likeness (QED) is 0.205. The van der Waals surface area contributed by atoms with Crippen LogP contribution in [-0.2, 0) is 16.1 Å². The first-order chi connectivity index (χ1) is 14.6. The molecule has 0 radical (unpaired) electrons. The first-order valence-corrected chi connectivity index (χ1v) is 10.6. The Balaban J connectivity index is 2.51. The lowest BCUT2D eigenvalue weighted by atomic mass is 10.1. The monoisotopic (exact) mass is 423 g/mol. The Morgan fingerprint density at radius 2 is 1.60 bits per heavy atom. The maximum atomic E-state index is 11.3. The van der Waals surface area contributed by atoms with Gasteiger partial charge in [-0.2, -0.15) is 0 Å². The van der Waals surface area contributed by atoms with Crippen LogP contribution in [0, 0.1) is 0 Å². The van der Waals surface area contributed by atoms with E-state index in [1.165, 1.54) is 0 Å². The highest BCUT2D eigenvalue weighted by Crippen LogP contribution is 2.38. The molecule has 1 aromatic rings. The van der Waals surface area contributed by atoms with E-state index in [0.717, 1.165) is 50.3 Å². The van der Waals surface area contributed by atoms with Gasteiger partial charge >= 0.3 is 5.97 Å². The second-order valence-electron chi connectivity index (χ2n) is 6.62. The molecule has 0 aromatic heterocycles. The molecule has 0 aliphatic heterocycles. The van der Waals surface area contributed by atoms with Gasteiger partial charge in [0.1, 0.15) is 0 Å². The number of ether oxygens (including phenoxy) is 4. The van der Waals surface area contributed by atoms with Gasteiger partial charge in [0.2, 0.25) is 5.75 Å². The van der Waals surface area contributed by atoms with E-state index in [1.54, 1.807) is 21.3 Å². The molecule has 0 atom stereocenters. The van der Waals surface area contributed by atoms with Gasteiger partial charge in [0.25, 0.3) is 0 Å². The van der Waals surface area contributed by atoms with Crippen LogP contribution >= 0.6 is 0 Å². The largest absolute Gasteiger partial charge is 0.493 e. The van der Waals surface area contributed by atoms with Crippen molar-refractivity contribution in [2.75, 3.05) is 41.0 Å². The zero-order valence-corrected chi connectivity index (χ0v) is 19.0. The SMILES string of the molecule is CCNC(=NCc1cc(OC)c(OC)c(OC)c1)NCCCCCCC(=O)OCC. The van der Waals surface area contributed by atoms with E-state index in [0.29, 0.717) is 36.8 Å². The number of benzene rings is 1. The fraction of sp³-hybridized carbons (Fsp3) is 0.636. The molecule has 0 saturated carbocycles. The summed E-state index contributed by atoms with van der Waals surface area (Å²) in [6, 6.07) is 3.80. The Labute approximate surface area is 180 Å². The number of rotatable bonds is 14. The van der Waals surface area contributed by atoms with Crippen LogP contribution in [0.1, 0.15) is 51.5 Å². The average molecular weight is 424 g/mol. The molecule has 0 amide bonds. The Morgan fingerprint density at radius 1 is 0.933 bits per heavy atom. The maximum absolute atomic E-state index is 11.3. The molecule has 1 aromatic carbocycles. The Morgan fingerprint density at radius 3 is 2.17 bits per heavy atom. The lowest BCUT2D eigenvalue weighted by Crippen LogP contribution is -2.37. The summed E-state index contributed by atoms with van der Waals surface area (Å²) in [5.41, 5.74) is 0.959. The van der Waals surface area contributed by atoms with Crippen molar-refractivity contribution >= 4 is 11.9 Å². The summed E-state index contributed by atoms with van der Waals surface area (Å²) in [5, 5.41) is 6.60. The lowest BCUT2D eigenvalue weighted by Gasteiger charge is -2.14. The molecule has 0 spiro atoms. The van der Waals surface area contributed by atoms with E-state index in [-0.39, 0.29) is 5.97 Å². The van der Waals surface area contributed by atoms with Crippen LogP contribution in [0.2, 0.25) is 0 Å². The zero-order chi connectivity index (χ0) is 22.2. The van der Waals surface area contributed by atoms with Gasteiger partial charge in [-0.1, -0.05) is 12.8 Å². The predicted octanol–water partition coefficient (Wildman–Crippen LogP) is 3.28. The number of aliphatic imine (C=N–C) groups is 1. The number of hydrogen-bond donors (Lipinski definition) is 2. The molecule has 170 valence electrons. The third-order valence-corrected chi connectivity index (χ3v) is 4.39. The van der Waals surface area contributed by atoms with Crippen LogP contribution < -0.4 is 24.8 Å². The fourth-order valence-corrected chi connectivity index (χ4v) is 2.93. The molecule has 0 aliphatic carbocycles. The highest BCUT2D eigenvalue weighted by Gasteiger charge is 2.13. The van der Waals surface area contributed by atoms with Crippen LogP contribution in [-0.4, -0.2) is 53.0 Å². The minimum atomic E-state index is -0.107. The van der Waals surface area contributed by atoms with E-state index in [1.807, 2.05) is 26.0 Å². The molecule has 1 rings (SSSR count). The molecule has 0 unspecified atom stereocenters. The van der Waals surface area contributed by atoms with Crippen LogP contribution in [0.25, 0.3) is 0 Å². The maximum Gasteiger partial charge on any atom is 0.305 e. The molecular formula is C22H37N3O5. The van der Waals surface area contributed by atoms with Crippen molar-refractivity contribution in [1.82, 2.24) is 10.6 Å². The van der Waals surface area contributed by atoms with E-state index in [9.17, 15) is 4.79 Å². The highest BCUT2D eigenvalue weighted by molar-refractivity contribution is 5.79. The first kappa shape index (κ1) is 25.4. The van der Waals surface area contributed by atoms with Crippen molar-refractivity contribution in [3.63, 3.8) is 0 Å². The van der Waals surface area contributed by atoms with E-state index in [2.05, 4.69) is 15.6 Å². The van der Waals surface area contributed by atoms with Crippen molar-refractivity contribution in [3.05, 3.63) is 17.7 Å². The number of esters is 1. The third kappa shape index (κ3) is 9.24. The van der Waals surface area contributed by atoms with E-state index in [4.69, 9.17) is 18.9 Å². The van der Waals surface area contributed by atoms with Gasteiger partial charge < -0.3 is 29.6 Å². The van der Waals surface area contributed by atoms with Gasteiger partial charge in [0, 0.05) is 19.5 Å². The number of guanidine groups is 1. The van der Waals surface area contributed by atoms with Crippen molar-refractivity contribution in [1.29, 1.82) is 0 Å². The van der Waals surface area contributed by atoms with Gasteiger partial charge in [-0.25, -0.2) is 4.99 Å². The number of methoxy groups -OCH3 is 3. The third-order valence-electron chi connectivity index (χ3n) is 4.39. The molecule has 2 N–H and O–H groups in total. The minimum Gasteiger partial charge on any atom is -0.493 e. The fourth-order valence-electron chi connectivity index (χ4n) is 2.93. The normalized spacial score (nSPS) is 11.0. The molecule has 30 heavy (non-hydrogen) atoms. The number of nitrogens with zero attached hydrogens (tertiary/aromatic N) is 1. The van der Waals surface area contributed by atoms with Crippen molar-refractivity contribution in [3.8, 4) is 17.2 Å². The highest BCUT2D eigenvalue weighted by atomic mass is 16.5. The summed E-state index contributed by atoms with van der Waals surface area (Å²) in [7, 11) is 4.79. The summed E-state index contributed by atoms with van der Waals surface area (Å²) in [4.78, 5) is 16.0. The van der Waals surface area contributed by atoms with Crippen molar-refractivity contribution in [2.24, 2.45) is 4.99 Å². The van der Waals surface area contributed by atoms with Gasteiger partial charge in [0.15, 0.2) is 17.5 Å². The molecule has 0 saturated heterocycles. The van der Waals surface area contributed by atoms with Gasteiger partial charge in [0.05, 0.1) is 34.5 Å². The number of carbonyl (C=O) groups is 1. The summed E-state index contributed by atoms with van der Waals surface area (Å²) in [6.45, 7) is 6.39. The molecule has 0 bridgehead atoms. The van der Waals surface area contributed by atoms with Crippen LogP contribution in [0.3, 0.4) is 0 Å². The Bertz CT molecular complexity index is 639. The number of unbranched alkanes of at least 4 members (excludes halogenated alkanes) is 3. The lowest BCUT2D eigenvalue weighted by molar-refractivity contribution is -0.143. The first-order valence-electron chi connectivity index (χ1n) is 10.6. The van der Waals surface area contributed by atoms with Crippen molar-refractivity contribution < 1.29 is 23.7 Å². The smallest absolute Gasteiger partial charge is 0.305 e. The van der Waals surface area contributed by atoms with Gasteiger partial charge in [-0.05, 0) is 44.4 Å². The summed E-state index contributed by atoms with van der Waals surface area (Å²) >= 11 is 0. The molecule has 8 heteroatoms. The topological polar surface area (TPSA) is 90.4 Å². The van der Waals surface area contributed by atoms with Crippen LogP contribution in [0.4, 0.5) is 0 Å². The van der Waals surface area contributed by atoms with Gasteiger partial charge in [-0.3, -0.25) is 4.79 Å². The summed E-state index contributed by atoms with van der Waals surface area (Å²) in [5.74, 6) is 2.45. The Hall–Kier alpha value is -2.64. The average Bonchev–Trinajstić information content (AvgIpc) is 2.75. The number of nitrogens with one attached hydrogen (secondary N) is 2. The second-order valence-corrected chi connectivity index (χ2v) is 6.62. The summed E-state index contributed by atoms with van der Waals surface area (Å²) in [6.07, 6.45) is 4.45. The molecular weight excluding hydrogens is 386 g/mol.